The van der Waals surface area contributed by atoms with Crippen LogP contribution in [0.25, 0.3) is 0 Å². The summed E-state index contributed by atoms with van der Waals surface area (Å²) in [5.74, 6) is 0.899. The van der Waals surface area contributed by atoms with Crippen LogP contribution >= 0.6 is 0 Å². The summed E-state index contributed by atoms with van der Waals surface area (Å²) in [4.78, 5) is 6.65. The number of hydrogen-bond donors (Lipinski definition) is 1. The predicted octanol–water partition coefficient (Wildman–Crippen LogP) is 3.37. The lowest BCUT2D eigenvalue weighted by atomic mass is 9.98. The molecule has 1 saturated heterocycles. The van der Waals surface area contributed by atoms with Gasteiger partial charge in [0.15, 0.2) is 0 Å². The van der Waals surface area contributed by atoms with Gasteiger partial charge < -0.3 is 10.6 Å². The largest absolute Gasteiger partial charge is 0.322 e. The van der Waals surface area contributed by atoms with Crippen molar-refractivity contribution in [2.45, 2.75) is 45.6 Å². The van der Waals surface area contributed by atoms with Crippen molar-refractivity contribution in [1.82, 2.24) is 9.88 Å². The smallest absolute Gasteiger partial charge is 0.141 e. The summed E-state index contributed by atoms with van der Waals surface area (Å²) in [6.07, 6.45) is 6.48. The number of halogens is 1. The normalized spacial score (nSPS) is 23.5. The Labute approximate surface area is 127 Å². The van der Waals surface area contributed by atoms with Gasteiger partial charge in [-0.2, -0.15) is 0 Å². The zero-order valence-electron chi connectivity index (χ0n) is 13.3. The second-order valence-electron chi connectivity index (χ2n) is 6.41. The number of nitrogens with zero attached hydrogens (tertiary/aromatic N) is 2. The van der Waals surface area contributed by atoms with Crippen molar-refractivity contribution in [2.24, 2.45) is 17.6 Å². The average molecular weight is 293 g/mol. The van der Waals surface area contributed by atoms with E-state index in [9.17, 15) is 4.39 Å². The molecule has 1 aliphatic rings. The van der Waals surface area contributed by atoms with Gasteiger partial charge in [0.2, 0.25) is 0 Å². The minimum Gasteiger partial charge on any atom is -0.322 e. The summed E-state index contributed by atoms with van der Waals surface area (Å²) in [6.45, 7) is 7.80. The highest BCUT2D eigenvalue weighted by molar-refractivity contribution is 5.10. The maximum atomic E-state index is 12.9. The summed E-state index contributed by atoms with van der Waals surface area (Å²) in [5.41, 5.74) is 7.07. The monoisotopic (exact) mass is 293 g/mol. The Kier molecular flexibility index (Phi) is 6.12. The molecule has 3 nitrogen and oxygen atoms in total. The third kappa shape index (κ3) is 4.75. The van der Waals surface area contributed by atoms with Gasteiger partial charge in [-0.15, -0.1) is 0 Å². The van der Waals surface area contributed by atoms with Gasteiger partial charge in [-0.25, -0.2) is 4.39 Å². The maximum Gasteiger partial charge on any atom is 0.141 e. The zero-order chi connectivity index (χ0) is 15.2. The van der Waals surface area contributed by atoms with Gasteiger partial charge >= 0.3 is 0 Å². The number of nitrogens with two attached hydrogens (primary N) is 1. The van der Waals surface area contributed by atoms with Crippen LogP contribution < -0.4 is 5.73 Å². The molecule has 1 aromatic rings. The Morgan fingerprint density at radius 2 is 2.19 bits per heavy atom. The Hall–Kier alpha value is -1.00. The van der Waals surface area contributed by atoms with E-state index >= 15 is 0 Å². The van der Waals surface area contributed by atoms with E-state index in [0.29, 0.717) is 5.92 Å². The quantitative estimate of drug-likeness (QED) is 0.905. The molecule has 2 heterocycles. The van der Waals surface area contributed by atoms with E-state index in [1.165, 1.54) is 51.0 Å². The topological polar surface area (TPSA) is 42.1 Å². The van der Waals surface area contributed by atoms with Gasteiger partial charge in [-0.3, -0.25) is 4.98 Å². The first-order chi connectivity index (χ1) is 10.1. The second kappa shape index (κ2) is 7.85. The van der Waals surface area contributed by atoms with Crippen molar-refractivity contribution in [3.05, 3.63) is 29.8 Å². The van der Waals surface area contributed by atoms with Crippen molar-refractivity contribution in [3.8, 4) is 0 Å². The highest BCUT2D eigenvalue weighted by atomic mass is 19.1. The molecule has 0 radical (unpaired) electrons. The van der Waals surface area contributed by atoms with Gasteiger partial charge in [-0.1, -0.05) is 20.3 Å². The van der Waals surface area contributed by atoms with E-state index in [2.05, 4.69) is 23.7 Å². The van der Waals surface area contributed by atoms with E-state index in [0.717, 1.165) is 18.2 Å². The van der Waals surface area contributed by atoms with Crippen LogP contribution in [0.2, 0.25) is 0 Å². The number of pyridine rings is 1. The lowest BCUT2D eigenvalue weighted by molar-refractivity contribution is 0.226. The lowest BCUT2D eigenvalue weighted by Gasteiger charge is -2.27. The van der Waals surface area contributed by atoms with Crippen LogP contribution in [-0.2, 0) is 0 Å². The lowest BCUT2D eigenvalue weighted by Crippen LogP contribution is -2.34. The highest BCUT2D eigenvalue weighted by Gasteiger charge is 2.21. The molecular weight excluding hydrogens is 265 g/mol. The molecule has 0 aliphatic carbocycles. The summed E-state index contributed by atoms with van der Waals surface area (Å²) in [6, 6.07) is 3.01. The van der Waals surface area contributed by atoms with Gasteiger partial charge in [0, 0.05) is 6.54 Å². The number of aromatic nitrogens is 1. The molecule has 2 rings (SSSR count). The molecule has 1 fully saturated rings. The standard InChI is InChI=1S/C17H28FN3/c1-3-14-5-4-9-21(10-8-14)12-13(2)17(19)16-7-6-15(18)11-20-16/h6-7,11,13-14,17H,3-5,8-10,12,19H2,1-2H3. The fourth-order valence-corrected chi connectivity index (χ4v) is 3.21. The third-order valence-corrected chi connectivity index (χ3v) is 4.77. The molecule has 3 unspecified atom stereocenters. The summed E-state index contributed by atoms with van der Waals surface area (Å²) in [7, 11) is 0. The third-order valence-electron chi connectivity index (χ3n) is 4.77. The van der Waals surface area contributed by atoms with E-state index in [1.807, 2.05) is 0 Å². The first-order valence-corrected chi connectivity index (χ1v) is 8.19. The average Bonchev–Trinajstić information content (AvgIpc) is 2.72. The fraction of sp³-hybridized carbons (Fsp3) is 0.706. The van der Waals surface area contributed by atoms with Crippen LogP contribution in [0.4, 0.5) is 4.39 Å². The summed E-state index contributed by atoms with van der Waals surface area (Å²) >= 11 is 0. The van der Waals surface area contributed by atoms with Crippen molar-refractivity contribution in [2.75, 3.05) is 19.6 Å². The Bertz CT molecular complexity index is 421. The zero-order valence-corrected chi connectivity index (χ0v) is 13.3. The Morgan fingerprint density at radius 3 is 2.86 bits per heavy atom. The molecule has 0 amide bonds. The molecule has 2 N–H and O–H groups in total. The van der Waals surface area contributed by atoms with Crippen LogP contribution in [0.1, 0.15) is 51.3 Å². The van der Waals surface area contributed by atoms with Crippen LogP contribution in [0.15, 0.2) is 18.3 Å². The molecule has 1 aromatic heterocycles. The molecule has 1 aliphatic heterocycles. The molecule has 0 spiro atoms. The fourth-order valence-electron chi connectivity index (χ4n) is 3.21. The van der Waals surface area contributed by atoms with E-state index in [1.54, 1.807) is 6.07 Å². The van der Waals surface area contributed by atoms with Gasteiger partial charge in [0.25, 0.3) is 0 Å². The van der Waals surface area contributed by atoms with Crippen LogP contribution in [0.5, 0.6) is 0 Å². The van der Waals surface area contributed by atoms with Crippen LogP contribution in [0.3, 0.4) is 0 Å². The van der Waals surface area contributed by atoms with Gasteiger partial charge in [-0.05, 0) is 56.3 Å². The van der Waals surface area contributed by atoms with E-state index in [4.69, 9.17) is 5.73 Å². The summed E-state index contributed by atoms with van der Waals surface area (Å²) < 4.78 is 12.9. The molecule has 3 atom stereocenters. The van der Waals surface area contributed by atoms with Crippen LogP contribution in [-0.4, -0.2) is 29.5 Å². The first-order valence-electron chi connectivity index (χ1n) is 8.19. The van der Waals surface area contributed by atoms with Gasteiger partial charge in [0.1, 0.15) is 5.82 Å². The van der Waals surface area contributed by atoms with Crippen molar-refractivity contribution < 1.29 is 4.39 Å². The molecule has 0 saturated carbocycles. The Balaban J connectivity index is 1.88. The SMILES string of the molecule is CCC1CCCN(CC(C)C(N)c2ccc(F)cn2)CC1. The van der Waals surface area contributed by atoms with Gasteiger partial charge in [0.05, 0.1) is 17.9 Å². The number of likely N-dealkylation sites (tertiary alicyclic amines) is 1. The minimum absolute atomic E-state index is 0.129. The van der Waals surface area contributed by atoms with E-state index < -0.39 is 0 Å². The maximum absolute atomic E-state index is 12.9. The van der Waals surface area contributed by atoms with E-state index in [-0.39, 0.29) is 11.9 Å². The molecule has 0 bridgehead atoms. The molecule has 4 heteroatoms. The first kappa shape index (κ1) is 16.4. The highest BCUT2D eigenvalue weighted by Crippen LogP contribution is 2.23. The molecule has 118 valence electrons. The number of hydrogen-bond acceptors (Lipinski definition) is 3. The van der Waals surface area contributed by atoms with Crippen molar-refractivity contribution in [3.63, 3.8) is 0 Å². The van der Waals surface area contributed by atoms with Crippen molar-refractivity contribution >= 4 is 0 Å². The second-order valence-corrected chi connectivity index (χ2v) is 6.41. The van der Waals surface area contributed by atoms with Crippen molar-refractivity contribution in [1.29, 1.82) is 0 Å². The Morgan fingerprint density at radius 1 is 1.38 bits per heavy atom. The van der Waals surface area contributed by atoms with Crippen LogP contribution in [0, 0.1) is 17.7 Å². The minimum atomic E-state index is -0.309. The summed E-state index contributed by atoms with van der Waals surface area (Å²) in [5, 5.41) is 0. The number of rotatable bonds is 5. The molecular formula is C17H28FN3. The predicted molar refractivity (Wildman–Crippen MR) is 84.4 cm³/mol. The molecule has 21 heavy (non-hydrogen) atoms. The molecule has 0 aromatic carbocycles.